The molecule has 0 aromatic carbocycles. The van der Waals surface area contributed by atoms with Crippen LogP contribution in [0.1, 0.15) is 36.0 Å². The van der Waals surface area contributed by atoms with E-state index in [-0.39, 0.29) is 26.2 Å². The molecule has 0 atom stereocenters. The van der Waals surface area contributed by atoms with E-state index < -0.39 is 30.5 Å². The molecule has 7 nitrogen and oxygen atoms in total. The van der Waals surface area contributed by atoms with Gasteiger partial charge in [0, 0.05) is 21.4 Å². The summed E-state index contributed by atoms with van der Waals surface area (Å²) in [6, 6.07) is 0. The van der Waals surface area contributed by atoms with Crippen LogP contribution >= 0.6 is 0 Å². The van der Waals surface area contributed by atoms with E-state index in [2.05, 4.69) is 5.32 Å². The van der Waals surface area contributed by atoms with Gasteiger partial charge in [0.05, 0.1) is 6.61 Å². The second-order valence-corrected chi connectivity index (χ2v) is 5.05. The van der Waals surface area contributed by atoms with Crippen molar-refractivity contribution >= 4 is 18.0 Å². The Morgan fingerprint density at radius 2 is 1.95 bits per heavy atom. The average molecular weight is 290 g/mol. The molecule has 0 spiro atoms. The van der Waals surface area contributed by atoms with Crippen LogP contribution in [0.4, 0.5) is 4.79 Å². The van der Waals surface area contributed by atoms with Gasteiger partial charge < -0.3 is 19.7 Å². The first-order chi connectivity index (χ1) is 9.69. The maximum Gasteiger partial charge on any atom is 0.407 e. The van der Waals surface area contributed by atoms with Crippen LogP contribution in [-0.4, -0.2) is 54.7 Å². The number of nitrogens with zero attached hydrogens (tertiary/aromatic N) is 1. The third kappa shape index (κ3) is 9.18. The molecule has 0 aliphatic heterocycles. The molecular weight excluding hydrogens is 264 g/mol. The number of carbonyl (C=O) groups is 3. The Bertz CT molecular complexity index is 368. The van der Waals surface area contributed by atoms with E-state index in [1.54, 1.807) is 27.7 Å². The van der Waals surface area contributed by atoms with Gasteiger partial charge in [-0.15, -0.1) is 0 Å². The fraction of sp³-hybridized carbons (Fsp3) is 0.769. The summed E-state index contributed by atoms with van der Waals surface area (Å²) in [7, 11) is 0. The first-order valence-electron chi connectivity index (χ1n) is 7.09. The quantitative estimate of drug-likeness (QED) is 0.735. The summed E-state index contributed by atoms with van der Waals surface area (Å²) in [5.74, 6) is -1.05. The first kappa shape index (κ1) is 16.3. The lowest BCUT2D eigenvalue weighted by Gasteiger charge is -2.22. The molecule has 0 heterocycles. The highest BCUT2D eigenvalue weighted by atomic mass is 16.6. The molecule has 0 aliphatic carbocycles. The smallest absolute Gasteiger partial charge is 0.407 e. The van der Waals surface area contributed by atoms with Crippen LogP contribution in [0.2, 0.25) is 0 Å². The molecule has 0 saturated carbocycles. The van der Waals surface area contributed by atoms with Crippen molar-refractivity contribution in [1.29, 1.82) is 0 Å². The van der Waals surface area contributed by atoms with Gasteiger partial charge in [-0.3, -0.25) is 9.59 Å². The molecule has 0 radical (unpaired) electrons. The van der Waals surface area contributed by atoms with Crippen LogP contribution in [0.3, 0.4) is 0 Å². The summed E-state index contributed by atoms with van der Waals surface area (Å²) in [5.41, 5.74) is -0.605. The predicted octanol–water partition coefficient (Wildman–Crippen LogP) is 0.923. The molecule has 0 bridgehead atoms. The van der Waals surface area contributed by atoms with Crippen LogP contribution in [0.5, 0.6) is 0 Å². The zero-order chi connectivity index (χ0) is 16.5. The van der Waals surface area contributed by atoms with Crippen LogP contribution in [0.15, 0.2) is 0 Å². The minimum Gasteiger partial charge on any atom is -0.465 e. The van der Waals surface area contributed by atoms with E-state index in [0.717, 1.165) is 0 Å². The van der Waals surface area contributed by atoms with Gasteiger partial charge in [-0.1, -0.05) is 0 Å². The maximum atomic E-state index is 11.5. The monoisotopic (exact) mass is 290 g/mol. The summed E-state index contributed by atoms with van der Waals surface area (Å²) < 4.78 is 16.9. The van der Waals surface area contributed by atoms with E-state index in [0.29, 0.717) is 0 Å². The normalized spacial score (nSPS) is 11.3. The van der Waals surface area contributed by atoms with Gasteiger partial charge in [0.25, 0.3) is 0 Å². The Balaban J connectivity index is 4.27. The Labute approximate surface area is 121 Å². The molecule has 0 aromatic rings. The number of amides is 2. The minimum absolute atomic E-state index is 0.107. The number of rotatable bonds is 6. The van der Waals surface area contributed by atoms with Crippen molar-refractivity contribution in [3.63, 3.8) is 0 Å². The lowest BCUT2D eigenvalue weighted by Crippen LogP contribution is -2.41. The third-order valence-corrected chi connectivity index (χ3v) is 2.03. The highest BCUT2D eigenvalue weighted by molar-refractivity contribution is 5.80. The van der Waals surface area contributed by atoms with Crippen molar-refractivity contribution in [3.05, 3.63) is 0 Å². The molecular formula is C13H24N2O5. The summed E-state index contributed by atoms with van der Waals surface area (Å²) in [5, 5.41) is 2.49. The number of ether oxygens (including phenoxy) is 2. The maximum absolute atomic E-state index is 11.5. The molecule has 1 N–H and O–H groups in total. The van der Waals surface area contributed by atoms with E-state index in [4.69, 9.17) is 10.8 Å². The number of nitrogens with one attached hydrogen (secondary N) is 1. The number of hydrogen-bond donors (Lipinski definition) is 1. The number of hydrogen-bond acceptors (Lipinski definition) is 5. The number of alkyl carbamates (subject to hydrolysis) is 1. The van der Waals surface area contributed by atoms with Gasteiger partial charge in [0.15, 0.2) is 0 Å². The van der Waals surface area contributed by atoms with Crippen molar-refractivity contribution in [2.75, 3.05) is 26.2 Å². The lowest BCUT2D eigenvalue weighted by atomic mass is 10.2. The van der Waals surface area contributed by atoms with Gasteiger partial charge in [-0.2, -0.15) is 0 Å². The molecule has 0 fully saturated rings. The van der Waals surface area contributed by atoms with Gasteiger partial charge >= 0.3 is 12.1 Å². The Morgan fingerprint density at radius 1 is 1.30 bits per heavy atom. The van der Waals surface area contributed by atoms with E-state index in [9.17, 15) is 14.4 Å². The SMILES string of the molecule is [3H]CC(=O)N(CCNC(=O)OC(C)(C)C)CC(=O)OCC. The fourth-order valence-electron chi connectivity index (χ4n) is 1.26. The van der Waals surface area contributed by atoms with E-state index >= 15 is 0 Å². The highest BCUT2D eigenvalue weighted by Crippen LogP contribution is 2.06. The molecule has 20 heavy (non-hydrogen) atoms. The third-order valence-electron chi connectivity index (χ3n) is 2.03. The van der Waals surface area contributed by atoms with Crippen molar-refractivity contribution in [1.82, 2.24) is 10.2 Å². The number of esters is 1. The van der Waals surface area contributed by atoms with Crippen molar-refractivity contribution in [2.45, 2.75) is 40.2 Å². The molecule has 0 aliphatic rings. The summed E-state index contributed by atoms with van der Waals surface area (Å²) >= 11 is 0. The van der Waals surface area contributed by atoms with Crippen molar-refractivity contribution < 1.29 is 25.2 Å². The average Bonchev–Trinajstić information content (AvgIpc) is 2.34. The van der Waals surface area contributed by atoms with Crippen molar-refractivity contribution in [3.8, 4) is 0 Å². The van der Waals surface area contributed by atoms with Crippen LogP contribution in [0, 0.1) is 0 Å². The summed E-state index contributed by atoms with van der Waals surface area (Å²) in [6.45, 7) is 6.63. The summed E-state index contributed by atoms with van der Waals surface area (Å²) in [6.07, 6.45) is -0.600. The van der Waals surface area contributed by atoms with Crippen LogP contribution in [-0.2, 0) is 19.1 Å². The van der Waals surface area contributed by atoms with Crippen LogP contribution < -0.4 is 5.32 Å². The van der Waals surface area contributed by atoms with Crippen molar-refractivity contribution in [2.24, 2.45) is 0 Å². The van der Waals surface area contributed by atoms with E-state index in [1.165, 1.54) is 4.90 Å². The molecule has 0 saturated heterocycles. The molecule has 7 heteroatoms. The molecule has 0 rings (SSSR count). The van der Waals surface area contributed by atoms with Gasteiger partial charge in [0.2, 0.25) is 5.91 Å². The predicted molar refractivity (Wildman–Crippen MR) is 73.1 cm³/mol. The molecule has 0 unspecified atom stereocenters. The summed E-state index contributed by atoms with van der Waals surface area (Å²) in [4.78, 5) is 35.5. The lowest BCUT2D eigenvalue weighted by molar-refractivity contribution is -0.148. The minimum atomic E-state index is -0.605. The molecule has 0 aromatic heterocycles. The Kier molecular flexibility index (Phi) is 6.83. The largest absolute Gasteiger partial charge is 0.465 e. The second kappa shape index (κ2) is 8.39. The van der Waals surface area contributed by atoms with Gasteiger partial charge in [-0.25, -0.2) is 4.79 Å². The molecule has 2 amide bonds. The molecule has 116 valence electrons. The highest BCUT2D eigenvalue weighted by Gasteiger charge is 2.17. The van der Waals surface area contributed by atoms with Gasteiger partial charge in [-0.05, 0) is 27.7 Å². The van der Waals surface area contributed by atoms with Crippen LogP contribution in [0.25, 0.3) is 0 Å². The topological polar surface area (TPSA) is 84.9 Å². The zero-order valence-corrected chi connectivity index (χ0v) is 12.5. The fourth-order valence-corrected chi connectivity index (χ4v) is 1.26. The Morgan fingerprint density at radius 3 is 2.45 bits per heavy atom. The first-order valence-corrected chi connectivity index (χ1v) is 6.39. The van der Waals surface area contributed by atoms with E-state index in [1.807, 2.05) is 0 Å². The second-order valence-electron chi connectivity index (χ2n) is 5.05. The Hall–Kier alpha value is -1.79. The number of carbonyl (C=O) groups excluding carboxylic acids is 3. The standard InChI is InChI=1S/C13H24N2O5/c1-6-19-11(17)9-15(10(2)16)8-7-14-12(18)20-13(3,4)5/h6-9H2,1-5H3,(H,14,18)/i2T. The zero-order valence-electron chi connectivity index (χ0n) is 13.5. The van der Waals surface area contributed by atoms with Gasteiger partial charge in [0.1, 0.15) is 12.1 Å².